The fourth-order valence-electron chi connectivity index (χ4n) is 7.70. The summed E-state index contributed by atoms with van der Waals surface area (Å²) in [6.07, 6.45) is 9.14. The Morgan fingerprint density at radius 3 is 2.56 bits per heavy atom. The summed E-state index contributed by atoms with van der Waals surface area (Å²) in [6.45, 7) is 3.09. The molecule has 0 bridgehead atoms. The second-order valence-electron chi connectivity index (χ2n) is 12.4. The summed E-state index contributed by atoms with van der Waals surface area (Å²) in [5, 5.41) is 14.3. The molecule has 4 nitrogen and oxygen atoms in total. The van der Waals surface area contributed by atoms with Gasteiger partial charge in [-0.05, 0) is 72.1 Å². The molecule has 0 spiro atoms. The van der Waals surface area contributed by atoms with E-state index in [1.165, 1.54) is 48.2 Å². The minimum atomic E-state index is -0.206. The van der Waals surface area contributed by atoms with Gasteiger partial charge in [-0.2, -0.15) is 5.26 Å². The summed E-state index contributed by atoms with van der Waals surface area (Å²) in [7, 11) is 0. The van der Waals surface area contributed by atoms with Gasteiger partial charge in [-0.3, -0.25) is 0 Å². The minimum absolute atomic E-state index is 0.0404. The van der Waals surface area contributed by atoms with E-state index in [2.05, 4.69) is 150 Å². The van der Waals surface area contributed by atoms with Crippen LogP contribution in [-0.2, 0) is 6.54 Å². The average molecular weight is 599 g/mol. The van der Waals surface area contributed by atoms with E-state index in [-0.39, 0.29) is 17.5 Å². The van der Waals surface area contributed by atoms with Gasteiger partial charge in [0.1, 0.15) is 0 Å². The van der Waals surface area contributed by atoms with Crippen LogP contribution in [0.15, 0.2) is 133 Å². The first-order chi connectivity index (χ1) is 22.1. The molecule has 6 aromatic rings. The molecular formula is C40H30N4S. The third-order valence-electron chi connectivity index (χ3n) is 9.77. The van der Waals surface area contributed by atoms with Gasteiger partial charge in [0.2, 0.25) is 0 Å². The molecule has 3 heterocycles. The smallest absolute Gasteiger partial charge is 0.0991 e. The molecular weight excluding hydrogens is 569 g/mol. The Labute approximate surface area is 266 Å². The number of anilines is 3. The van der Waals surface area contributed by atoms with Gasteiger partial charge in [0.25, 0.3) is 0 Å². The zero-order valence-electron chi connectivity index (χ0n) is 24.8. The summed E-state index contributed by atoms with van der Waals surface area (Å²) in [5.41, 5.74) is 12.8. The van der Waals surface area contributed by atoms with E-state index in [4.69, 9.17) is 0 Å². The highest BCUT2D eigenvalue weighted by atomic mass is 32.1. The predicted molar refractivity (Wildman–Crippen MR) is 186 cm³/mol. The number of nitrogens with zero attached hydrogens (tertiary/aromatic N) is 3. The largest absolute Gasteiger partial charge is 0.331 e. The highest BCUT2D eigenvalue weighted by Gasteiger charge is 2.47. The lowest BCUT2D eigenvalue weighted by molar-refractivity contribution is 0.288. The number of nitriles is 1. The number of hydrazine groups is 1. The normalized spacial score (nSPS) is 21.5. The lowest BCUT2D eigenvalue weighted by Crippen LogP contribution is -2.42. The summed E-state index contributed by atoms with van der Waals surface area (Å²) >= 11 is 1.89. The number of nitrogens with one attached hydrogen (secondary N) is 1. The highest BCUT2D eigenvalue weighted by molar-refractivity contribution is 7.25. The monoisotopic (exact) mass is 598 g/mol. The van der Waals surface area contributed by atoms with Crippen LogP contribution < -0.4 is 10.3 Å². The third-order valence-corrected chi connectivity index (χ3v) is 10.9. The Hall–Kier alpha value is -5.15. The minimum Gasteiger partial charge on any atom is -0.331 e. The van der Waals surface area contributed by atoms with Crippen LogP contribution in [0.2, 0.25) is 0 Å². The zero-order valence-corrected chi connectivity index (χ0v) is 25.6. The maximum absolute atomic E-state index is 9.37. The molecule has 5 aromatic carbocycles. The van der Waals surface area contributed by atoms with E-state index in [1.54, 1.807) is 0 Å². The third kappa shape index (κ3) is 4.00. The van der Waals surface area contributed by atoms with Crippen molar-refractivity contribution in [3.63, 3.8) is 0 Å². The van der Waals surface area contributed by atoms with Crippen LogP contribution >= 0.6 is 11.3 Å². The number of thiophene rings is 1. The van der Waals surface area contributed by atoms with E-state index in [0.717, 1.165) is 17.8 Å². The number of benzene rings is 5. The molecule has 3 unspecified atom stereocenters. The molecule has 9 rings (SSSR count). The number of hydrogen-bond donors (Lipinski definition) is 1. The van der Waals surface area contributed by atoms with Crippen LogP contribution in [-0.4, -0.2) is 10.5 Å². The summed E-state index contributed by atoms with van der Waals surface area (Å²) in [6, 6.07) is 41.5. The van der Waals surface area contributed by atoms with E-state index in [9.17, 15) is 5.26 Å². The van der Waals surface area contributed by atoms with Crippen molar-refractivity contribution in [3.05, 3.63) is 161 Å². The maximum Gasteiger partial charge on any atom is 0.0991 e. The molecule has 0 saturated carbocycles. The first kappa shape index (κ1) is 26.3. The molecule has 45 heavy (non-hydrogen) atoms. The van der Waals surface area contributed by atoms with E-state index in [1.807, 2.05) is 23.5 Å². The quantitative estimate of drug-likeness (QED) is 0.219. The average Bonchev–Trinajstić information content (AvgIpc) is 3.70. The number of para-hydroxylation sites is 1. The Balaban J connectivity index is 1.13. The Bertz CT molecular complexity index is 2240. The Morgan fingerprint density at radius 1 is 0.822 bits per heavy atom. The topological polar surface area (TPSA) is 42.3 Å². The van der Waals surface area contributed by atoms with Gasteiger partial charge >= 0.3 is 0 Å². The van der Waals surface area contributed by atoms with Gasteiger partial charge in [0.05, 0.1) is 28.9 Å². The molecule has 0 fully saturated rings. The van der Waals surface area contributed by atoms with E-state index >= 15 is 0 Å². The van der Waals surface area contributed by atoms with Crippen molar-refractivity contribution in [1.82, 2.24) is 5.01 Å². The highest BCUT2D eigenvalue weighted by Crippen LogP contribution is 2.56. The van der Waals surface area contributed by atoms with E-state index in [0.29, 0.717) is 5.56 Å². The van der Waals surface area contributed by atoms with E-state index < -0.39 is 0 Å². The fraction of sp³-hybridized carbons (Fsp3) is 0.125. The molecule has 1 aromatic heterocycles. The molecule has 216 valence electrons. The van der Waals surface area contributed by atoms with Crippen LogP contribution in [0.4, 0.5) is 17.1 Å². The predicted octanol–water partition coefficient (Wildman–Crippen LogP) is 9.98. The molecule has 2 aliphatic heterocycles. The van der Waals surface area contributed by atoms with Crippen LogP contribution in [0.25, 0.3) is 20.2 Å². The number of rotatable bonds is 4. The number of hydrogen-bond acceptors (Lipinski definition) is 5. The Morgan fingerprint density at radius 2 is 1.67 bits per heavy atom. The molecule has 0 saturated heterocycles. The van der Waals surface area contributed by atoms with Crippen molar-refractivity contribution in [2.24, 2.45) is 0 Å². The van der Waals surface area contributed by atoms with Crippen molar-refractivity contribution >= 4 is 48.6 Å². The lowest BCUT2D eigenvalue weighted by atomic mass is 9.80. The van der Waals surface area contributed by atoms with Crippen molar-refractivity contribution in [2.45, 2.75) is 31.0 Å². The molecule has 3 aliphatic rings. The van der Waals surface area contributed by atoms with Gasteiger partial charge in [0, 0.05) is 49.6 Å². The zero-order chi connectivity index (χ0) is 30.1. The van der Waals surface area contributed by atoms with Crippen LogP contribution in [0.1, 0.15) is 46.7 Å². The Kier molecular flexibility index (Phi) is 5.80. The number of allylic oxidation sites excluding steroid dienone is 2. The number of fused-ring (bicyclic) bond motifs is 7. The standard InChI is InChI=1S/C40H30N4S/c1-40-20-7-6-13-34(40)33-23-38-32(30-11-3-5-15-37(30)45-38)22-36(33)44(40)29-10-8-9-27(21-29)25-43-39(28-18-16-26(24-41)17-19-28)31-12-2-4-14-35(31)42-43/h2-23,34,39,42H,25H2,1H3. The summed E-state index contributed by atoms with van der Waals surface area (Å²) in [5.74, 6) is 0.270. The first-order valence-electron chi connectivity index (χ1n) is 15.4. The fourth-order valence-corrected chi connectivity index (χ4v) is 8.83. The van der Waals surface area contributed by atoms with Crippen LogP contribution in [0.3, 0.4) is 0 Å². The molecule has 0 amide bonds. The van der Waals surface area contributed by atoms with Gasteiger partial charge in [0.15, 0.2) is 0 Å². The van der Waals surface area contributed by atoms with Crippen molar-refractivity contribution in [3.8, 4) is 6.07 Å². The van der Waals surface area contributed by atoms with Crippen molar-refractivity contribution in [2.75, 3.05) is 10.3 Å². The molecule has 1 aliphatic carbocycles. The second kappa shape index (κ2) is 9.93. The SMILES string of the molecule is CC12C=CC=CC1c1cc3sc4ccccc4c3cc1N2c1cccc(CN2Nc3ccccc3C2c2ccc(C#N)cc2)c1. The van der Waals surface area contributed by atoms with Gasteiger partial charge in [-0.1, -0.05) is 85.0 Å². The second-order valence-corrected chi connectivity index (χ2v) is 13.5. The summed E-state index contributed by atoms with van der Waals surface area (Å²) in [4.78, 5) is 2.56. The van der Waals surface area contributed by atoms with Gasteiger partial charge in [-0.15, -0.1) is 11.3 Å². The summed E-state index contributed by atoms with van der Waals surface area (Å²) < 4.78 is 2.69. The maximum atomic E-state index is 9.37. The van der Waals surface area contributed by atoms with Crippen LogP contribution in [0.5, 0.6) is 0 Å². The molecule has 1 N–H and O–H groups in total. The van der Waals surface area contributed by atoms with Crippen molar-refractivity contribution in [1.29, 1.82) is 5.26 Å². The molecule has 3 atom stereocenters. The van der Waals surface area contributed by atoms with Crippen molar-refractivity contribution < 1.29 is 0 Å². The lowest BCUT2D eigenvalue weighted by Gasteiger charge is -2.39. The van der Waals surface area contributed by atoms with Crippen LogP contribution in [0, 0.1) is 11.3 Å². The molecule has 5 heteroatoms. The van der Waals surface area contributed by atoms with Gasteiger partial charge < -0.3 is 10.3 Å². The molecule has 0 radical (unpaired) electrons. The first-order valence-corrected chi connectivity index (χ1v) is 16.2. The van der Waals surface area contributed by atoms with Gasteiger partial charge in [-0.25, -0.2) is 5.01 Å².